The molecule has 0 unspecified atom stereocenters. The number of anilines is 2. The molecule has 1 heterocycles. The highest BCUT2D eigenvalue weighted by Crippen LogP contribution is 2.41. The molecule has 1 aliphatic rings. The van der Waals surface area contributed by atoms with Gasteiger partial charge in [-0.25, -0.2) is 8.42 Å². The normalized spacial score (nSPS) is 14.0. The molecule has 9 heteroatoms. The van der Waals surface area contributed by atoms with Crippen molar-refractivity contribution in [2.75, 3.05) is 29.8 Å². The third-order valence-corrected chi connectivity index (χ3v) is 7.05. The van der Waals surface area contributed by atoms with E-state index in [0.717, 1.165) is 9.69 Å². The largest absolute Gasteiger partial charge is 0.335 e. The zero-order chi connectivity index (χ0) is 21.5. The Labute approximate surface area is 178 Å². The van der Waals surface area contributed by atoms with Crippen molar-refractivity contribution in [1.82, 2.24) is 4.90 Å². The van der Waals surface area contributed by atoms with Crippen LogP contribution in [0.3, 0.4) is 0 Å². The van der Waals surface area contributed by atoms with Crippen LogP contribution in [-0.2, 0) is 19.6 Å². The summed E-state index contributed by atoms with van der Waals surface area (Å²) < 4.78 is 27.1. The summed E-state index contributed by atoms with van der Waals surface area (Å²) in [6.45, 7) is -0.638. The van der Waals surface area contributed by atoms with Gasteiger partial charge >= 0.3 is 0 Å². The molecule has 0 atom stereocenters. The first kappa shape index (κ1) is 20.2. The molecule has 0 bridgehead atoms. The van der Waals surface area contributed by atoms with E-state index in [-0.39, 0.29) is 11.4 Å². The fraction of sp³-hybridized carbons (Fsp3) is 0.143. The maximum absolute atomic E-state index is 13.0. The Kier molecular flexibility index (Phi) is 5.13. The van der Waals surface area contributed by atoms with Gasteiger partial charge in [0.25, 0.3) is 10.0 Å². The Balaban J connectivity index is 1.49. The van der Waals surface area contributed by atoms with Gasteiger partial charge in [-0.05, 0) is 29.7 Å². The number of likely N-dealkylation sites (N-methyl/N-ethyl adjacent to an activating group) is 1. The Hall–Kier alpha value is -3.10. The summed E-state index contributed by atoms with van der Waals surface area (Å²) in [4.78, 5) is 26.4. The van der Waals surface area contributed by atoms with Gasteiger partial charge in [-0.2, -0.15) is 0 Å². The lowest BCUT2D eigenvalue weighted by Gasteiger charge is -2.22. The molecule has 7 nitrogen and oxygen atoms in total. The third kappa shape index (κ3) is 3.48. The Morgan fingerprint density at radius 1 is 1.03 bits per heavy atom. The van der Waals surface area contributed by atoms with Crippen LogP contribution in [0.1, 0.15) is 0 Å². The molecule has 0 saturated carbocycles. The number of rotatable bonds is 5. The standard InChI is InChI=1S/C21H18ClN3O4S/c1-24(12-19(26)23-16-9-3-2-8-15(16)22)20(27)13-25-17-10-4-6-14-7-5-11-18(21(14)17)30(25,28)29/h2-11H,12-13H2,1H3,(H,23,26). The first-order valence-electron chi connectivity index (χ1n) is 9.12. The van der Waals surface area contributed by atoms with E-state index in [4.69, 9.17) is 11.6 Å². The van der Waals surface area contributed by atoms with Crippen molar-refractivity contribution in [3.8, 4) is 0 Å². The first-order valence-corrected chi connectivity index (χ1v) is 10.9. The van der Waals surface area contributed by atoms with Gasteiger partial charge in [-0.1, -0.05) is 48.0 Å². The molecule has 1 N–H and O–H groups in total. The number of hydrogen-bond acceptors (Lipinski definition) is 4. The summed E-state index contributed by atoms with van der Waals surface area (Å²) in [5.74, 6) is -0.939. The van der Waals surface area contributed by atoms with Crippen molar-refractivity contribution < 1.29 is 18.0 Å². The van der Waals surface area contributed by atoms with E-state index in [0.29, 0.717) is 21.8 Å². The highest BCUT2D eigenvalue weighted by Gasteiger charge is 2.37. The molecule has 1 aliphatic heterocycles. The quantitative estimate of drug-likeness (QED) is 0.656. The van der Waals surface area contributed by atoms with Gasteiger partial charge in [0.05, 0.1) is 27.8 Å². The van der Waals surface area contributed by atoms with Gasteiger partial charge in [0.15, 0.2) is 0 Å². The van der Waals surface area contributed by atoms with Gasteiger partial charge in [0, 0.05) is 12.4 Å². The van der Waals surface area contributed by atoms with E-state index in [1.807, 2.05) is 12.1 Å². The van der Waals surface area contributed by atoms with E-state index < -0.39 is 28.4 Å². The SMILES string of the molecule is CN(CC(=O)Nc1ccccc1Cl)C(=O)CN1c2cccc3cccc(c23)S1(=O)=O. The average molecular weight is 444 g/mol. The van der Waals surface area contributed by atoms with Crippen molar-refractivity contribution in [3.63, 3.8) is 0 Å². The van der Waals surface area contributed by atoms with Gasteiger partial charge in [-0.3, -0.25) is 13.9 Å². The van der Waals surface area contributed by atoms with Gasteiger partial charge in [0.2, 0.25) is 11.8 Å². The molecule has 2 amide bonds. The number of halogens is 1. The number of amides is 2. The van der Waals surface area contributed by atoms with E-state index in [2.05, 4.69) is 5.32 Å². The maximum atomic E-state index is 13.0. The predicted molar refractivity (Wildman–Crippen MR) is 116 cm³/mol. The van der Waals surface area contributed by atoms with Gasteiger partial charge < -0.3 is 10.2 Å². The summed E-state index contributed by atoms with van der Waals surface area (Å²) in [6.07, 6.45) is 0. The number of para-hydroxylation sites is 1. The second kappa shape index (κ2) is 7.62. The van der Waals surface area contributed by atoms with E-state index in [9.17, 15) is 18.0 Å². The zero-order valence-electron chi connectivity index (χ0n) is 16.0. The molecule has 3 aromatic rings. The van der Waals surface area contributed by atoms with Gasteiger partial charge in [0.1, 0.15) is 6.54 Å². The first-order chi connectivity index (χ1) is 14.3. The monoisotopic (exact) mass is 443 g/mol. The summed E-state index contributed by atoms with van der Waals surface area (Å²) in [5, 5.41) is 4.41. The van der Waals surface area contributed by atoms with Crippen LogP contribution in [0.15, 0.2) is 65.6 Å². The van der Waals surface area contributed by atoms with Crippen LogP contribution in [0.4, 0.5) is 11.4 Å². The molecule has 0 saturated heterocycles. The van der Waals surface area contributed by atoms with Crippen molar-refractivity contribution in [3.05, 3.63) is 65.7 Å². The van der Waals surface area contributed by atoms with Crippen LogP contribution in [-0.4, -0.2) is 45.3 Å². The summed E-state index contributed by atoms with van der Waals surface area (Å²) in [5.41, 5.74) is 0.902. The molecular formula is C21H18ClN3O4S. The van der Waals surface area contributed by atoms with E-state index in [1.165, 1.54) is 18.0 Å². The molecule has 0 fully saturated rings. The minimum atomic E-state index is -3.84. The zero-order valence-corrected chi connectivity index (χ0v) is 17.6. The van der Waals surface area contributed by atoms with Crippen molar-refractivity contribution in [1.29, 1.82) is 0 Å². The second-order valence-electron chi connectivity index (χ2n) is 6.92. The smallest absolute Gasteiger partial charge is 0.265 e. The number of carbonyl (C=O) groups excluding carboxylic acids is 2. The van der Waals surface area contributed by atoms with Crippen LogP contribution in [0.2, 0.25) is 5.02 Å². The fourth-order valence-electron chi connectivity index (χ4n) is 3.43. The molecule has 4 rings (SSSR count). The molecule has 30 heavy (non-hydrogen) atoms. The number of carbonyl (C=O) groups is 2. The molecule has 154 valence electrons. The molecule has 0 radical (unpaired) electrons. The highest BCUT2D eigenvalue weighted by atomic mass is 35.5. The maximum Gasteiger partial charge on any atom is 0.265 e. The van der Waals surface area contributed by atoms with E-state index in [1.54, 1.807) is 42.5 Å². The molecule has 0 spiro atoms. The van der Waals surface area contributed by atoms with Crippen molar-refractivity contribution >= 4 is 55.6 Å². The van der Waals surface area contributed by atoms with Crippen molar-refractivity contribution in [2.24, 2.45) is 0 Å². The number of sulfonamides is 1. The fourth-order valence-corrected chi connectivity index (χ4v) is 5.27. The van der Waals surface area contributed by atoms with Crippen LogP contribution in [0.5, 0.6) is 0 Å². The highest BCUT2D eigenvalue weighted by molar-refractivity contribution is 7.93. The lowest BCUT2D eigenvalue weighted by atomic mass is 10.1. The number of nitrogens with one attached hydrogen (secondary N) is 1. The third-order valence-electron chi connectivity index (χ3n) is 4.91. The number of benzene rings is 3. The summed E-state index contributed by atoms with van der Waals surface area (Å²) in [7, 11) is -2.39. The van der Waals surface area contributed by atoms with E-state index >= 15 is 0 Å². The van der Waals surface area contributed by atoms with Crippen LogP contribution >= 0.6 is 11.6 Å². The molecule has 0 aromatic heterocycles. The van der Waals surface area contributed by atoms with Crippen molar-refractivity contribution in [2.45, 2.75) is 4.90 Å². The average Bonchev–Trinajstić information content (AvgIpc) is 2.93. The number of hydrogen-bond donors (Lipinski definition) is 1. The Bertz CT molecular complexity index is 1270. The van der Waals surface area contributed by atoms with Gasteiger partial charge in [-0.15, -0.1) is 0 Å². The minimum absolute atomic E-state index is 0.183. The lowest BCUT2D eigenvalue weighted by Crippen LogP contribution is -2.42. The topological polar surface area (TPSA) is 86.8 Å². The van der Waals surface area contributed by atoms with Crippen LogP contribution < -0.4 is 9.62 Å². The predicted octanol–water partition coefficient (Wildman–Crippen LogP) is 3.10. The van der Waals surface area contributed by atoms with Crippen LogP contribution in [0, 0.1) is 0 Å². The Morgan fingerprint density at radius 3 is 2.47 bits per heavy atom. The Morgan fingerprint density at radius 2 is 1.73 bits per heavy atom. The second-order valence-corrected chi connectivity index (χ2v) is 9.16. The lowest BCUT2D eigenvalue weighted by molar-refractivity contribution is -0.131. The molecule has 3 aromatic carbocycles. The van der Waals surface area contributed by atoms with Crippen LogP contribution in [0.25, 0.3) is 10.8 Å². The summed E-state index contributed by atoms with van der Waals surface area (Å²) >= 11 is 6.03. The molecule has 0 aliphatic carbocycles. The summed E-state index contributed by atoms with van der Waals surface area (Å²) in [6, 6.07) is 17.0. The molecular weight excluding hydrogens is 426 g/mol. The number of nitrogens with zero attached hydrogens (tertiary/aromatic N) is 2. The minimum Gasteiger partial charge on any atom is -0.335 e.